The summed E-state index contributed by atoms with van der Waals surface area (Å²) < 4.78 is 18.0. The van der Waals surface area contributed by atoms with Gasteiger partial charge in [-0.3, -0.25) is 9.89 Å². The van der Waals surface area contributed by atoms with Crippen molar-refractivity contribution < 1.29 is 8.91 Å². The van der Waals surface area contributed by atoms with Crippen molar-refractivity contribution in [1.82, 2.24) is 20.3 Å². The zero-order valence-corrected chi connectivity index (χ0v) is 15.5. The Balaban J connectivity index is 1.44. The molecule has 0 atom stereocenters. The molecular formula is C18H23ClFN5O. The van der Waals surface area contributed by atoms with Crippen molar-refractivity contribution in [2.24, 2.45) is 4.99 Å². The van der Waals surface area contributed by atoms with Gasteiger partial charge in [0, 0.05) is 57.4 Å². The Kier molecular flexibility index (Phi) is 6.46. The summed E-state index contributed by atoms with van der Waals surface area (Å²) >= 11 is 6.08. The van der Waals surface area contributed by atoms with Crippen LogP contribution < -0.4 is 5.32 Å². The second-order valence-corrected chi connectivity index (χ2v) is 6.62. The Morgan fingerprint density at radius 3 is 2.77 bits per heavy atom. The number of hydrogen-bond acceptors (Lipinski definition) is 4. The van der Waals surface area contributed by atoms with Gasteiger partial charge in [-0.1, -0.05) is 22.8 Å². The van der Waals surface area contributed by atoms with E-state index in [9.17, 15) is 4.39 Å². The van der Waals surface area contributed by atoms with Gasteiger partial charge in [0.15, 0.2) is 5.96 Å². The predicted octanol–water partition coefficient (Wildman–Crippen LogP) is 2.40. The highest BCUT2D eigenvalue weighted by Gasteiger charge is 2.20. The molecule has 0 amide bonds. The third-order valence-electron chi connectivity index (χ3n) is 4.45. The Hall–Kier alpha value is -2.12. The van der Waals surface area contributed by atoms with Crippen LogP contribution in [0.5, 0.6) is 0 Å². The maximum absolute atomic E-state index is 13.1. The van der Waals surface area contributed by atoms with Gasteiger partial charge in [-0.2, -0.15) is 0 Å². The van der Waals surface area contributed by atoms with E-state index in [0.717, 1.165) is 49.9 Å². The number of piperazine rings is 1. The van der Waals surface area contributed by atoms with Crippen LogP contribution in [0.3, 0.4) is 0 Å². The maximum Gasteiger partial charge on any atom is 0.193 e. The fourth-order valence-corrected chi connectivity index (χ4v) is 3.29. The molecule has 1 aliphatic heterocycles. The first kappa shape index (κ1) is 18.7. The van der Waals surface area contributed by atoms with Gasteiger partial charge in [0.1, 0.15) is 12.1 Å². The number of rotatable bonds is 5. The summed E-state index contributed by atoms with van der Waals surface area (Å²) in [5, 5.41) is 7.79. The lowest BCUT2D eigenvalue weighted by molar-refractivity contribution is 0.169. The normalized spacial score (nSPS) is 16.1. The van der Waals surface area contributed by atoms with Crippen LogP contribution in [0.15, 0.2) is 40.0 Å². The van der Waals surface area contributed by atoms with Crippen molar-refractivity contribution in [3.8, 4) is 0 Å². The highest BCUT2D eigenvalue weighted by molar-refractivity contribution is 6.31. The molecule has 26 heavy (non-hydrogen) atoms. The van der Waals surface area contributed by atoms with Crippen molar-refractivity contribution in [1.29, 1.82) is 0 Å². The average Bonchev–Trinajstić information content (AvgIpc) is 3.14. The summed E-state index contributed by atoms with van der Waals surface area (Å²) in [6.45, 7) is 5.18. The molecule has 1 N–H and O–H groups in total. The summed E-state index contributed by atoms with van der Waals surface area (Å²) in [5.74, 6) is 0.565. The minimum Gasteiger partial charge on any atom is -0.364 e. The van der Waals surface area contributed by atoms with E-state index in [1.807, 2.05) is 6.07 Å². The maximum atomic E-state index is 13.1. The van der Waals surface area contributed by atoms with E-state index in [1.165, 1.54) is 12.1 Å². The van der Waals surface area contributed by atoms with Crippen LogP contribution in [0.2, 0.25) is 5.02 Å². The zero-order valence-electron chi connectivity index (χ0n) is 14.8. The molecule has 0 unspecified atom stereocenters. The quantitative estimate of drug-likeness (QED) is 0.638. The lowest BCUT2D eigenvalue weighted by Crippen LogP contribution is -2.52. The topological polar surface area (TPSA) is 56.9 Å². The largest absolute Gasteiger partial charge is 0.364 e. The fourth-order valence-electron chi connectivity index (χ4n) is 3.03. The molecule has 0 bridgehead atoms. The van der Waals surface area contributed by atoms with E-state index in [1.54, 1.807) is 19.4 Å². The molecule has 1 aromatic heterocycles. The lowest BCUT2D eigenvalue weighted by Gasteiger charge is -2.36. The molecule has 2 heterocycles. The molecule has 0 spiro atoms. The minimum atomic E-state index is -0.314. The molecule has 6 nitrogen and oxygen atoms in total. The molecule has 3 rings (SSSR count). The Morgan fingerprint density at radius 2 is 2.12 bits per heavy atom. The first-order valence-corrected chi connectivity index (χ1v) is 9.04. The number of nitrogens with one attached hydrogen (secondary N) is 1. The summed E-state index contributed by atoms with van der Waals surface area (Å²) in [6.07, 6.45) is 2.31. The van der Waals surface area contributed by atoms with E-state index in [4.69, 9.17) is 16.1 Å². The van der Waals surface area contributed by atoms with Crippen LogP contribution in [0.1, 0.15) is 11.3 Å². The molecule has 140 valence electrons. The Bertz CT molecular complexity index is 729. The van der Waals surface area contributed by atoms with Crippen LogP contribution in [0.25, 0.3) is 0 Å². The Morgan fingerprint density at radius 1 is 1.31 bits per heavy atom. The summed E-state index contributed by atoms with van der Waals surface area (Å²) in [5.41, 5.74) is 1.88. The monoisotopic (exact) mass is 379 g/mol. The number of aromatic nitrogens is 1. The van der Waals surface area contributed by atoms with Gasteiger partial charge in [-0.05, 0) is 24.1 Å². The number of hydrogen-bond donors (Lipinski definition) is 1. The van der Waals surface area contributed by atoms with Crippen LogP contribution in [-0.2, 0) is 13.0 Å². The molecule has 0 aliphatic carbocycles. The zero-order chi connectivity index (χ0) is 18.4. The van der Waals surface area contributed by atoms with Crippen molar-refractivity contribution in [2.45, 2.75) is 13.0 Å². The van der Waals surface area contributed by atoms with E-state index in [-0.39, 0.29) is 5.82 Å². The number of benzene rings is 1. The minimum absolute atomic E-state index is 0.314. The van der Waals surface area contributed by atoms with E-state index in [2.05, 4.69) is 25.3 Å². The molecule has 1 aromatic carbocycles. The smallest absolute Gasteiger partial charge is 0.193 e. The van der Waals surface area contributed by atoms with Crippen molar-refractivity contribution >= 4 is 17.6 Å². The summed E-state index contributed by atoms with van der Waals surface area (Å²) in [6, 6.07) is 6.40. The molecule has 2 aromatic rings. The van der Waals surface area contributed by atoms with Gasteiger partial charge < -0.3 is 14.7 Å². The SMILES string of the molecule is CN=C(NCCc1ccc(F)cc1Cl)N1CCN(Cc2ccon2)CC1. The number of halogens is 2. The average molecular weight is 380 g/mol. The van der Waals surface area contributed by atoms with Crippen LogP contribution in [-0.4, -0.2) is 60.7 Å². The highest BCUT2D eigenvalue weighted by atomic mass is 35.5. The number of aliphatic imine (C=N–C) groups is 1. The second-order valence-electron chi connectivity index (χ2n) is 6.21. The predicted molar refractivity (Wildman–Crippen MR) is 99.8 cm³/mol. The molecule has 8 heteroatoms. The second kappa shape index (κ2) is 9.00. The third kappa shape index (κ3) is 4.95. The van der Waals surface area contributed by atoms with Crippen molar-refractivity contribution in [3.63, 3.8) is 0 Å². The molecule has 1 aliphatic rings. The van der Waals surface area contributed by atoms with Gasteiger partial charge in [0.2, 0.25) is 0 Å². The summed E-state index contributed by atoms with van der Waals surface area (Å²) in [4.78, 5) is 8.96. The van der Waals surface area contributed by atoms with Gasteiger partial charge in [0.25, 0.3) is 0 Å². The first-order valence-electron chi connectivity index (χ1n) is 8.67. The fraction of sp³-hybridized carbons (Fsp3) is 0.444. The van der Waals surface area contributed by atoms with Gasteiger partial charge >= 0.3 is 0 Å². The molecular weight excluding hydrogens is 357 g/mol. The third-order valence-corrected chi connectivity index (χ3v) is 4.80. The van der Waals surface area contributed by atoms with E-state index >= 15 is 0 Å². The summed E-state index contributed by atoms with van der Waals surface area (Å²) in [7, 11) is 1.79. The highest BCUT2D eigenvalue weighted by Crippen LogP contribution is 2.17. The van der Waals surface area contributed by atoms with E-state index in [0.29, 0.717) is 18.0 Å². The number of nitrogens with zero attached hydrogens (tertiary/aromatic N) is 4. The van der Waals surface area contributed by atoms with Crippen LogP contribution in [0, 0.1) is 5.82 Å². The standard InChI is InChI=1S/C18H23ClFN5O/c1-21-18(22-6-4-14-2-3-15(20)12-17(14)19)25-9-7-24(8-10-25)13-16-5-11-26-23-16/h2-3,5,11-12H,4,6-10,13H2,1H3,(H,21,22). The van der Waals surface area contributed by atoms with Crippen molar-refractivity contribution in [2.75, 3.05) is 39.8 Å². The van der Waals surface area contributed by atoms with E-state index < -0.39 is 0 Å². The van der Waals surface area contributed by atoms with Gasteiger partial charge in [-0.15, -0.1) is 0 Å². The number of guanidine groups is 1. The van der Waals surface area contributed by atoms with Gasteiger partial charge in [-0.25, -0.2) is 4.39 Å². The molecule has 1 fully saturated rings. The van der Waals surface area contributed by atoms with Crippen molar-refractivity contribution in [3.05, 3.63) is 52.6 Å². The first-order chi connectivity index (χ1) is 12.7. The van der Waals surface area contributed by atoms with Crippen LogP contribution in [0.4, 0.5) is 4.39 Å². The lowest BCUT2D eigenvalue weighted by atomic mass is 10.1. The molecule has 0 saturated carbocycles. The van der Waals surface area contributed by atoms with Gasteiger partial charge in [0.05, 0.1) is 5.69 Å². The molecule has 0 radical (unpaired) electrons. The Labute approximate surface area is 157 Å². The van der Waals surface area contributed by atoms with Crippen LogP contribution >= 0.6 is 11.6 Å². The molecule has 1 saturated heterocycles.